The van der Waals surface area contributed by atoms with Gasteiger partial charge in [-0.1, -0.05) is 63.2 Å². The third kappa shape index (κ3) is 4.08. The lowest BCUT2D eigenvalue weighted by Gasteiger charge is -2.48. The summed E-state index contributed by atoms with van der Waals surface area (Å²) in [6, 6.07) is 18.2. The number of nitrogens with one attached hydrogen (secondary N) is 1. The van der Waals surface area contributed by atoms with E-state index in [4.69, 9.17) is 0 Å². The minimum Gasteiger partial charge on any atom is -0.362 e. The van der Waals surface area contributed by atoms with Crippen LogP contribution in [0.2, 0.25) is 0 Å². The first-order valence-electron chi connectivity index (χ1n) is 12.8. The van der Waals surface area contributed by atoms with Crippen molar-refractivity contribution in [2.45, 2.75) is 64.5 Å². The minimum absolute atomic E-state index is 0.0604. The number of nitrogens with zero attached hydrogens (tertiary/aromatic N) is 3. The maximum Gasteiger partial charge on any atom is 0.227 e. The largest absolute Gasteiger partial charge is 0.362 e. The van der Waals surface area contributed by atoms with Crippen molar-refractivity contribution in [1.29, 1.82) is 0 Å². The van der Waals surface area contributed by atoms with Crippen LogP contribution in [0.15, 0.2) is 87.9 Å². The summed E-state index contributed by atoms with van der Waals surface area (Å²) in [6.45, 7) is 6.41. The molecular formula is C30H34N4O2. The highest BCUT2D eigenvalue weighted by atomic mass is 16.2. The number of ketones is 1. The number of hydrogen-bond donors (Lipinski definition) is 1. The minimum atomic E-state index is -0.619. The number of carbonyl (C=O) groups is 2. The number of amides is 1. The molecule has 0 aromatic heterocycles. The first-order valence-corrected chi connectivity index (χ1v) is 12.8. The lowest BCUT2D eigenvalue weighted by atomic mass is 9.59. The Kier molecular flexibility index (Phi) is 6.15. The van der Waals surface area contributed by atoms with E-state index >= 15 is 0 Å². The second-order valence-corrected chi connectivity index (χ2v) is 10.9. The van der Waals surface area contributed by atoms with E-state index in [1.807, 2.05) is 55.7 Å². The molecule has 6 heteroatoms. The molecule has 2 atom stereocenters. The third-order valence-electron chi connectivity index (χ3n) is 7.88. The number of aryl methyl sites for hydroxylation is 1. The molecule has 0 spiro atoms. The Labute approximate surface area is 213 Å². The highest BCUT2D eigenvalue weighted by Crippen LogP contribution is 2.54. The molecule has 2 aliphatic heterocycles. The Balaban J connectivity index is 1.52. The van der Waals surface area contributed by atoms with Gasteiger partial charge in [-0.2, -0.15) is 10.2 Å². The number of hydrogen-bond acceptors (Lipinski definition) is 5. The molecule has 1 amide bonds. The Morgan fingerprint density at radius 3 is 2.64 bits per heavy atom. The molecule has 2 heterocycles. The van der Waals surface area contributed by atoms with Crippen molar-refractivity contribution in [1.82, 2.24) is 5.32 Å². The summed E-state index contributed by atoms with van der Waals surface area (Å²) in [4.78, 5) is 28.5. The average Bonchev–Trinajstić information content (AvgIpc) is 3.34. The maximum atomic E-state index is 13.7. The highest BCUT2D eigenvalue weighted by molar-refractivity contribution is 6.01. The molecule has 0 radical (unpaired) electrons. The van der Waals surface area contributed by atoms with E-state index < -0.39 is 5.41 Å². The maximum absolute atomic E-state index is 13.7. The van der Waals surface area contributed by atoms with E-state index in [-0.39, 0.29) is 23.3 Å². The fraction of sp³-hybridized carbons (Fsp3) is 0.400. The van der Waals surface area contributed by atoms with Crippen LogP contribution in [-0.2, 0) is 21.4 Å². The van der Waals surface area contributed by atoms with Gasteiger partial charge in [0.2, 0.25) is 5.91 Å². The van der Waals surface area contributed by atoms with Gasteiger partial charge in [0.25, 0.3) is 0 Å². The fourth-order valence-corrected chi connectivity index (χ4v) is 6.08. The molecule has 2 unspecified atom stereocenters. The van der Waals surface area contributed by atoms with E-state index in [1.54, 1.807) is 4.90 Å². The average molecular weight is 483 g/mol. The lowest BCUT2D eigenvalue weighted by Crippen LogP contribution is -2.51. The second-order valence-electron chi connectivity index (χ2n) is 10.9. The number of benzene rings is 2. The van der Waals surface area contributed by atoms with E-state index in [2.05, 4.69) is 48.4 Å². The van der Waals surface area contributed by atoms with Crippen LogP contribution < -0.4 is 10.2 Å². The molecule has 1 aliphatic carbocycles. The van der Waals surface area contributed by atoms with Crippen molar-refractivity contribution in [3.05, 3.63) is 88.8 Å². The first kappa shape index (κ1) is 24.2. The summed E-state index contributed by atoms with van der Waals surface area (Å²) < 4.78 is 0. The van der Waals surface area contributed by atoms with Crippen LogP contribution in [0, 0.1) is 5.41 Å². The van der Waals surface area contributed by atoms with Gasteiger partial charge in [0.05, 0.1) is 11.6 Å². The highest BCUT2D eigenvalue weighted by Gasteiger charge is 2.53. The predicted octanol–water partition coefficient (Wildman–Crippen LogP) is 5.85. The van der Waals surface area contributed by atoms with Crippen LogP contribution in [0.4, 0.5) is 5.69 Å². The van der Waals surface area contributed by atoms with Crippen molar-refractivity contribution in [2.24, 2.45) is 15.6 Å². The monoisotopic (exact) mass is 482 g/mol. The van der Waals surface area contributed by atoms with Crippen molar-refractivity contribution in [3.63, 3.8) is 0 Å². The molecule has 0 bridgehead atoms. The Bertz CT molecular complexity index is 1290. The van der Waals surface area contributed by atoms with E-state index in [0.29, 0.717) is 25.7 Å². The molecule has 1 N–H and O–H groups in total. The number of azo groups is 1. The molecule has 2 aromatic rings. The summed E-state index contributed by atoms with van der Waals surface area (Å²) in [7, 11) is 1.83. The topological polar surface area (TPSA) is 74.1 Å². The standard InChI is InChI=1S/C30H34N4O2/c1-5-30(23-19-31-33-28(23)32-24-17-29(2,3)18-25(35)27(24)30)21-12-9-13-22(16-21)34(4)26(36)15-14-20-10-7-6-8-11-20/h6-13,16,19,28,32H,5,14-15,17-18H2,1-4H3. The van der Waals surface area contributed by atoms with Crippen molar-refractivity contribution < 1.29 is 9.59 Å². The molecule has 0 saturated heterocycles. The van der Waals surface area contributed by atoms with Gasteiger partial charge in [-0.25, -0.2) is 0 Å². The zero-order valence-corrected chi connectivity index (χ0v) is 21.5. The number of fused-ring (bicyclic) bond motifs is 1. The zero-order valence-electron chi connectivity index (χ0n) is 21.5. The molecule has 186 valence electrons. The molecular weight excluding hydrogens is 448 g/mol. The third-order valence-corrected chi connectivity index (χ3v) is 7.88. The van der Waals surface area contributed by atoms with Crippen LogP contribution in [0.1, 0.15) is 57.6 Å². The molecule has 6 nitrogen and oxygen atoms in total. The van der Waals surface area contributed by atoms with Crippen LogP contribution in [-0.4, -0.2) is 24.9 Å². The van der Waals surface area contributed by atoms with Crippen LogP contribution in [0.3, 0.4) is 0 Å². The summed E-state index contributed by atoms with van der Waals surface area (Å²) in [5, 5.41) is 12.2. The molecule has 5 rings (SSSR count). The van der Waals surface area contributed by atoms with Gasteiger partial charge < -0.3 is 10.2 Å². The Morgan fingerprint density at radius 1 is 1.11 bits per heavy atom. The smallest absolute Gasteiger partial charge is 0.227 e. The predicted molar refractivity (Wildman–Crippen MR) is 141 cm³/mol. The summed E-state index contributed by atoms with van der Waals surface area (Å²) in [5.41, 5.74) is 5.10. The number of carbonyl (C=O) groups excluding carboxylic acids is 2. The Morgan fingerprint density at radius 2 is 1.89 bits per heavy atom. The van der Waals surface area contributed by atoms with E-state index in [0.717, 1.165) is 40.1 Å². The quantitative estimate of drug-likeness (QED) is 0.561. The van der Waals surface area contributed by atoms with Crippen LogP contribution in [0.5, 0.6) is 0 Å². The molecule has 36 heavy (non-hydrogen) atoms. The summed E-state index contributed by atoms with van der Waals surface area (Å²) in [6.07, 6.45) is 4.71. The fourth-order valence-electron chi connectivity index (χ4n) is 6.08. The number of rotatable bonds is 6. The van der Waals surface area contributed by atoms with Gasteiger partial charge in [0.15, 0.2) is 11.9 Å². The van der Waals surface area contributed by atoms with Gasteiger partial charge in [-0.05, 0) is 47.9 Å². The van der Waals surface area contributed by atoms with Gasteiger partial charge in [-0.3, -0.25) is 9.59 Å². The Hall–Kier alpha value is -3.54. The van der Waals surface area contributed by atoms with Crippen LogP contribution in [0.25, 0.3) is 0 Å². The number of anilines is 1. The molecule has 0 fully saturated rings. The van der Waals surface area contributed by atoms with Gasteiger partial charge in [0, 0.05) is 42.4 Å². The lowest BCUT2D eigenvalue weighted by molar-refractivity contribution is -0.119. The SMILES string of the molecule is CCC1(c2cccc(N(C)C(=O)CCc3ccccc3)c2)C2=CN=NC2NC2=C1C(=O)CC(C)(C)C2. The van der Waals surface area contributed by atoms with E-state index in [9.17, 15) is 9.59 Å². The number of allylic oxidation sites excluding steroid dienone is 2. The van der Waals surface area contributed by atoms with Gasteiger partial charge in [0.1, 0.15) is 0 Å². The van der Waals surface area contributed by atoms with Crippen molar-refractivity contribution in [3.8, 4) is 0 Å². The molecule has 3 aliphatic rings. The second kappa shape index (κ2) is 9.16. The van der Waals surface area contributed by atoms with Crippen molar-refractivity contribution in [2.75, 3.05) is 11.9 Å². The zero-order chi connectivity index (χ0) is 25.5. The summed E-state index contributed by atoms with van der Waals surface area (Å²) in [5.74, 6) is 0.241. The molecule has 0 saturated carbocycles. The van der Waals surface area contributed by atoms with Gasteiger partial charge in [-0.15, -0.1) is 0 Å². The molecule has 2 aromatic carbocycles. The van der Waals surface area contributed by atoms with Gasteiger partial charge >= 0.3 is 0 Å². The number of Topliss-reactive ketones (excluding diaryl/α,β-unsaturated/α-hetero) is 1. The first-order chi connectivity index (χ1) is 17.2. The normalized spacial score (nSPS) is 24.1. The van der Waals surface area contributed by atoms with E-state index in [1.165, 1.54) is 0 Å². The van der Waals surface area contributed by atoms with Crippen molar-refractivity contribution >= 4 is 17.4 Å². The van der Waals surface area contributed by atoms with Crippen LogP contribution >= 0.6 is 0 Å². The summed E-state index contributed by atoms with van der Waals surface area (Å²) >= 11 is 0.